The zero-order chi connectivity index (χ0) is 18.5. The monoisotopic (exact) mass is 351 g/mol. The second kappa shape index (κ2) is 7.60. The van der Waals surface area contributed by atoms with Crippen LogP contribution in [0.2, 0.25) is 0 Å². The third kappa shape index (κ3) is 4.32. The van der Waals surface area contributed by atoms with Gasteiger partial charge in [-0.15, -0.1) is 5.10 Å². The molecule has 6 nitrogen and oxygen atoms in total. The predicted molar refractivity (Wildman–Crippen MR) is 100 cm³/mol. The number of hydrogen-bond donors (Lipinski definition) is 2. The quantitative estimate of drug-likeness (QED) is 0.734. The van der Waals surface area contributed by atoms with Crippen LogP contribution < -0.4 is 15.5 Å². The Morgan fingerprint density at radius 3 is 2.46 bits per heavy atom. The van der Waals surface area contributed by atoms with E-state index in [1.165, 1.54) is 18.2 Å². The van der Waals surface area contributed by atoms with Crippen LogP contribution in [-0.2, 0) is 0 Å². The average Bonchev–Trinajstić information content (AvgIpc) is 2.63. The van der Waals surface area contributed by atoms with E-state index < -0.39 is 5.82 Å². The molecule has 2 N–H and O–H groups in total. The van der Waals surface area contributed by atoms with E-state index in [0.717, 1.165) is 11.4 Å². The van der Waals surface area contributed by atoms with Gasteiger partial charge in [-0.3, -0.25) is 4.79 Å². The molecule has 0 saturated carbocycles. The minimum absolute atomic E-state index is 0.267. The minimum Gasteiger partial charge on any atom is -0.376 e. The fraction of sp³-hybridized carbons (Fsp3) is 0.105. The molecule has 0 aliphatic heterocycles. The molecule has 2 aromatic carbocycles. The molecule has 7 heteroatoms. The highest BCUT2D eigenvalue weighted by molar-refractivity contribution is 6.04. The summed E-state index contributed by atoms with van der Waals surface area (Å²) >= 11 is 0. The van der Waals surface area contributed by atoms with E-state index in [4.69, 9.17) is 0 Å². The van der Waals surface area contributed by atoms with Crippen molar-refractivity contribution in [1.82, 2.24) is 10.2 Å². The van der Waals surface area contributed by atoms with Crippen LogP contribution in [0, 0.1) is 5.82 Å². The van der Waals surface area contributed by atoms with Crippen LogP contribution in [0.25, 0.3) is 0 Å². The van der Waals surface area contributed by atoms with Crippen molar-refractivity contribution in [3.8, 4) is 0 Å². The van der Waals surface area contributed by atoms with Gasteiger partial charge in [-0.2, -0.15) is 5.10 Å². The van der Waals surface area contributed by atoms with Crippen LogP contribution in [0.4, 0.5) is 27.3 Å². The lowest BCUT2D eigenvalue weighted by atomic mass is 10.2. The molecule has 0 atom stereocenters. The van der Waals surface area contributed by atoms with Gasteiger partial charge in [0.05, 0.1) is 11.9 Å². The Labute approximate surface area is 150 Å². The predicted octanol–water partition coefficient (Wildman–Crippen LogP) is 3.68. The van der Waals surface area contributed by atoms with Crippen molar-refractivity contribution in [2.45, 2.75) is 0 Å². The number of anilines is 4. The summed E-state index contributed by atoms with van der Waals surface area (Å²) in [6.45, 7) is 0. The number of nitrogens with zero attached hydrogens (tertiary/aromatic N) is 3. The van der Waals surface area contributed by atoms with Crippen molar-refractivity contribution in [1.29, 1.82) is 0 Å². The summed E-state index contributed by atoms with van der Waals surface area (Å²) < 4.78 is 13.2. The van der Waals surface area contributed by atoms with Gasteiger partial charge in [-0.05, 0) is 42.5 Å². The summed E-state index contributed by atoms with van der Waals surface area (Å²) in [5.74, 6) is -0.194. The minimum atomic E-state index is -0.446. The number of benzene rings is 2. The number of amides is 1. The number of hydrogen-bond acceptors (Lipinski definition) is 5. The lowest BCUT2D eigenvalue weighted by Crippen LogP contribution is -2.12. The van der Waals surface area contributed by atoms with E-state index in [1.54, 1.807) is 24.4 Å². The highest BCUT2D eigenvalue weighted by Gasteiger charge is 2.07. The SMILES string of the molecule is CN(C)c1cnnc(Nc2ccc(NC(=O)c3cccc(F)c3)cc2)c1. The van der Waals surface area contributed by atoms with Crippen LogP contribution in [-0.4, -0.2) is 30.2 Å². The van der Waals surface area contributed by atoms with Crippen molar-refractivity contribution in [3.63, 3.8) is 0 Å². The van der Waals surface area contributed by atoms with Crippen LogP contribution in [0.5, 0.6) is 0 Å². The Morgan fingerprint density at radius 1 is 1.04 bits per heavy atom. The molecule has 1 aromatic heterocycles. The highest BCUT2D eigenvalue weighted by atomic mass is 19.1. The van der Waals surface area contributed by atoms with Crippen molar-refractivity contribution in [2.75, 3.05) is 29.6 Å². The zero-order valence-electron chi connectivity index (χ0n) is 14.4. The van der Waals surface area contributed by atoms with Crippen LogP contribution in [0.3, 0.4) is 0 Å². The summed E-state index contributed by atoms with van der Waals surface area (Å²) in [6, 6.07) is 14.6. The van der Waals surface area contributed by atoms with Gasteiger partial charge in [0.25, 0.3) is 5.91 Å². The van der Waals surface area contributed by atoms with Crippen molar-refractivity contribution < 1.29 is 9.18 Å². The molecule has 26 heavy (non-hydrogen) atoms. The number of nitrogens with one attached hydrogen (secondary N) is 2. The van der Waals surface area contributed by atoms with Crippen molar-refractivity contribution in [3.05, 3.63) is 72.2 Å². The first-order valence-corrected chi connectivity index (χ1v) is 7.95. The van der Waals surface area contributed by atoms with Crippen molar-refractivity contribution >= 4 is 28.8 Å². The number of aromatic nitrogens is 2. The number of halogens is 1. The molecule has 0 unspecified atom stereocenters. The summed E-state index contributed by atoms with van der Waals surface area (Å²) in [5.41, 5.74) is 2.61. The zero-order valence-corrected chi connectivity index (χ0v) is 14.4. The summed E-state index contributed by atoms with van der Waals surface area (Å²) in [6.07, 6.45) is 1.68. The first-order chi connectivity index (χ1) is 12.5. The maximum absolute atomic E-state index is 13.2. The normalized spacial score (nSPS) is 10.3. The molecule has 0 aliphatic rings. The summed E-state index contributed by atoms with van der Waals surface area (Å²) in [5, 5.41) is 13.9. The van der Waals surface area contributed by atoms with Gasteiger partial charge in [0.15, 0.2) is 5.82 Å². The Morgan fingerprint density at radius 2 is 1.77 bits per heavy atom. The maximum Gasteiger partial charge on any atom is 0.255 e. The molecule has 3 aromatic rings. The van der Waals surface area contributed by atoms with Crippen LogP contribution >= 0.6 is 0 Å². The van der Waals surface area contributed by atoms with Gasteiger partial charge < -0.3 is 15.5 Å². The molecule has 0 radical (unpaired) electrons. The summed E-state index contributed by atoms with van der Waals surface area (Å²) in [4.78, 5) is 14.1. The first kappa shape index (κ1) is 17.3. The Bertz CT molecular complexity index is 912. The molecule has 1 amide bonds. The van der Waals surface area contributed by atoms with Crippen LogP contribution in [0.1, 0.15) is 10.4 Å². The Balaban J connectivity index is 1.67. The third-order valence-electron chi connectivity index (χ3n) is 3.66. The summed E-state index contributed by atoms with van der Waals surface area (Å²) in [7, 11) is 3.85. The molecular weight excluding hydrogens is 333 g/mol. The van der Waals surface area contributed by atoms with Gasteiger partial charge in [-0.1, -0.05) is 6.07 Å². The number of carbonyl (C=O) groups excluding carboxylic acids is 1. The Kier molecular flexibility index (Phi) is 5.07. The third-order valence-corrected chi connectivity index (χ3v) is 3.66. The van der Waals surface area contributed by atoms with E-state index >= 15 is 0 Å². The van der Waals surface area contributed by atoms with E-state index in [-0.39, 0.29) is 11.5 Å². The Hall–Kier alpha value is -3.48. The lowest BCUT2D eigenvalue weighted by molar-refractivity contribution is 0.102. The topological polar surface area (TPSA) is 70.2 Å². The molecule has 0 spiro atoms. The van der Waals surface area contributed by atoms with Gasteiger partial charge in [0.1, 0.15) is 5.82 Å². The second-order valence-corrected chi connectivity index (χ2v) is 5.86. The fourth-order valence-electron chi connectivity index (χ4n) is 2.28. The fourth-order valence-corrected chi connectivity index (χ4v) is 2.28. The maximum atomic E-state index is 13.2. The molecule has 0 bridgehead atoms. The molecule has 0 aliphatic carbocycles. The van der Waals surface area contributed by atoms with E-state index in [1.807, 2.05) is 37.2 Å². The van der Waals surface area contributed by atoms with Gasteiger partial charge >= 0.3 is 0 Å². The molecular formula is C19H18FN5O. The number of carbonyl (C=O) groups is 1. The molecule has 3 rings (SSSR count). The van der Waals surface area contributed by atoms with Gasteiger partial charge in [0.2, 0.25) is 0 Å². The van der Waals surface area contributed by atoms with Crippen molar-refractivity contribution in [2.24, 2.45) is 0 Å². The smallest absolute Gasteiger partial charge is 0.255 e. The van der Waals surface area contributed by atoms with Gasteiger partial charge in [0, 0.05) is 37.1 Å². The molecule has 132 valence electrons. The number of rotatable bonds is 5. The largest absolute Gasteiger partial charge is 0.376 e. The standard InChI is InChI=1S/C19H18FN5O/c1-25(2)17-11-18(24-21-12-17)22-15-6-8-16(9-7-15)23-19(26)13-4-3-5-14(20)10-13/h3-12H,1-2H3,(H,22,24)(H,23,26). The molecule has 1 heterocycles. The van der Waals surface area contributed by atoms with E-state index in [0.29, 0.717) is 11.5 Å². The molecule has 0 saturated heterocycles. The second-order valence-electron chi connectivity index (χ2n) is 5.86. The highest BCUT2D eigenvalue weighted by Crippen LogP contribution is 2.20. The van der Waals surface area contributed by atoms with E-state index in [9.17, 15) is 9.18 Å². The average molecular weight is 351 g/mol. The lowest BCUT2D eigenvalue weighted by Gasteiger charge is -2.13. The first-order valence-electron chi connectivity index (χ1n) is 7.95. The van der Waals surface area contributed by atoms with Crippen LogP contribution in [0.15, 0.2) is 60.8 Å². The van der Waals surface area contributed by atoms with Gasteiger partial charge in [-0.25, -0.2) is 4.39 Å². The molecule has 0 fully saturated rings. The van der Waals surface area contributed by atoms with E-state index in [2.05, 4.69) is 20.8 Å².